The van der Waals surface area contributed by atoms with Gasteiger partial charge in [0.2, 0.25) is 10.0 Å². The highest BCUT2D eigenvalue weighted by Crippen LogP contribution is 2.34. The van der Waals surface area contributed by atoms with E-state index in [-0.39, 0.29) is 10.4 Å². The predicted molar refractivity (Wildman–Crippen MR) is 165 cm³/mol. The summed E-state index contributed by atoms with van der Waals surface area (Å²) in [5.74, 6) is 1.45. The molecule has 1 fully saturated rings. The second-order valence-electron chi connectivity index (χ2n) is 10.5. The van der Waals surface area contributed by atoms with E-state index in [1.807, 2.05) is 32.0 Å². The molecule has 1 aromatic heterocycles. The molecule has 0 atom stereocenters. The van der Waals surface area contributed by atoms with Crippen LogP contribution in [0.1, 0.15) is 32.3 Å². The monoisotopic (exact) mass is 628 g/mol. The first kappa shape index (κ1) is 31.4. The molecule has 0 radical (unpaired) electrons. The van der Waals surface area contributed by atoms with Gasteiger partial charge in [-0.15, -0.1) is 0 Å². The number of sulfonamides is 1. The molecule has 234 valence electrons. The molecule has 8 nitrogen and oxygen atoms in total. The van der Waals surface area contributed by atoms with Crippen LogP contribution in [0.3, 0.4) is 0 Å². The number of nitrogens with zero attached hydrogens (tertiary/aromatic N) is 3. The van der Waals surface area contributed by atoms with Gasteiger partial charge in [-0.25, -0.2) is 8.42 Å². The summed E-state index contributed by atoms with van der Waals surface area (Å²) in [5, 5.41) is 3.68. The minimum Gasteiger partial charge on any atom is -0.493 e. The lowest BCUT2D eigenvalue weighted by Gasteiger charge is -2.35. The first-order chi connectivity index (χ1) is 21.1. The number of benzene rings is 3. The van der Waals surface area contributed by atoms with Gasteiger partial charge in [0.25, 0.3) is 0 Å². The minimum atomic E-state index is -4.46. The smallest absolute Gasteiger partial charge is 0.416 e. The van der Waals surface area contributed by atoms with E-state index in [2.05, 4.69) is 15.2 Å². The number of rotatable bonds is 11. The Morgan fingerprint density at radius 3 is 2.07 bits per heavy atom. The molecule has 1 aliphatic rings. The van der Waals surface area contributed by atoms with Crippen molar-refractivity contribution in [1.29, 1.82) is 0 Å². The van der Waals surface area contributed by atoms with Crippen molar-refractivity contribution in [3.05, 3.63) is 78.5 Å². The number of hydrogen-bond donors (Lipinski definition) is 1. The highest BCUT2D eigenvalue weighted by Gasteiger charge is 2.31. The van der Waals surface area contributed by atoms with Crippen LogP contribution < -0.4 is 19.7 Å². The molecule has 2 heterocycles. The minimum absolute atomic E-state index is 0.163. The molecule has 0 aliphatic carbocycles. The van der Waals surface area contributed by atoms with Gasteiger partial charge in [0.15, 0.2) is 0 Å². The largest absolute Gasteiger partial charge is 0.493 e. The molecule has 0 amide bonds. The molecule has 0 saturated carbocycles. The first-order valence-corrected chi connectivity index (χ1v) is 16.0. The molecule has 5 rings (SSSR count). The third-order valence-electron chi connectivity index (χ3n) is 7.26. The number of pyridine rings is 1. The van der Waals surface area contributed by atoms with Gasteiger partial charge in [-0.05, 0) is 55.3 Å². The number of alkyl halides is 3. The van der Waals surface area contributed by atoms with Crippen molar-refractivity contribution in [1.82, 2.24) is 9.29 Å². The average Bonchev–Trinajstić information content (AvgIpc) is 3.02. The number of aromatic nitrogens is 1. The van der Waals surface area contributed by atoms with E-state index in [4.69, 9.17) is 9.47 Å². The van der Waals surface area contributed by atoms with Crippen LogP contribution in [0.25, 0.3) is 10.9 Å². The normalized spacial score (nSPS) is 14.5. The quantitative estimate of drug-likeness (QED) is 0.190. The summed E-state index contributed by atoms with van der Waals surface area (Å²) < 4.78 is 79.5. The Bertz CT molecular complexity index is 1660. The van der Waals surface area contributed by atoms with Crippen molar-refractivity contribution in [2.45, 2.75) is 37.8 Å². The van der Waals surface area contributed by atoms with Gasteiger partial charge >= 0.3 is 6.18 Å². The van der Waals surface area contributed by atoms with Gasteiger partial charge < -0.3 is 19.7 Å². The molecular formula is C32H35F3N4O4S. The molecule has 12 heteroatoms. The maximum absolute atomic E-state index is 13.5. The van der Waals surface area contributed by atoms with E-state index in [1.165, 1.54) is 28.7 Å². The lowest BCUT2D eigenvalue weighted by molar-refractivity contribution is -0.137. The van der Waals surface area contributed by atoms with Crippen LogP contribution in [0.4, 0.5) is 30.2 Å². The van der Waals surface area contributed by atoms with E-state index in [1.54, 1.807) is 18.2 Å². The van der Waals surface area contributed by atoms with Gasteiger partial charge in [0.05, 0.1) is 29.2 Å². The van der Waals surface area contributed by atoms with E-state index in [0.29, 0.717) is 56.2 Å². The Kier molecular flexibility index (Phi) is 9.50. The van der Waals surface area contributed by atoms with Crippen molar-refractivity contribution >= 4 is 38.0 Å². The highest BCUT2D eigenvalue weighted by atomic mass is 32.2. The van der Waals surface area contributed by atoms with Gasteiger partial charge in [0, 0.05) is 73.0 Å². The van der Waals surface area contributed by atoms with Crippen LogP contribution >= 0.6 is 0 Å². The zero-order valence-electron chi connectivity index (χ0n) is 24.6. The van der Waals surface area contributed by atoms with Crippen molar-refractivity contribution < 1.29 is 31.1 Å². The average molecular weight is 629 g/mol. The Morgan fingerprint density at radius 1 is 0.841 bits per heavy atom. The fourth-order valence-electron chi connectivity index (χ4n) is 4.98. The van der Waals surface area contributed by atoms with Crippen molar-refractivity contribution in [3.8, 4) is 11.5 Å². The number of nitrogens with one attached hydrogen (secondary N) is 1. The number of fused-ring (bicyclic) bond motifs is 1. The molecule has 1 saturated heterocycles. The van der Waals surface area contributed by atoms with Crippen molar-refractivity contribution in [2.24, 2.45) is 0 Å². The van der Waals surface area contributed by atoms with Gasteiger partial charge in [-0.1, -0.05) is 19.9 Å². The molecule has 0 unspecified atom stereocenters. The number of halogens is 3. The molecule has 3 aromatic carbocycles. The van der Waals surface area contributed by atoms with Crippen LogP contribution in [0.5, 0.6) is 11.5 Å². The first-order valence-electron chi connectivity index (χ1n) is 14.6. The molecule has 1 aliphatic heterocycles. The highest BCUT2D eigenvalue weighted by molar-refractivity contribution is 7.89. The second kappa shape index (κ2) is 13.3. The summed E-state index contributed by atoms with van der Waals surface area (Å²) in [6.45, 7) is 6.93. The zero-order valence-corrected chi connectivity index (χ0v) is 25.4. The molecule has 0 bridgehead atoms. The number of hydrogen-bond acceptors (Lipinski definition) is 7. The van der Waals surface area contributed by atoms with Crippen molar-refractivity contribution in [3.63, 3.8) is 0 Å². The maximum Gasteiger partial charge on any atom is 0.416 e. The SMILES string of the molecule is CCCOc1cc(OCCC)cc(N2CCN(S(=O)(=O)c3ccc(Nc4ccnc5cc(C(F)(F)F)ccc45)cc3)CC2)c1. The summed E-state index contributed by atoms with van der Waals surface area (Å²) in [6.07, 6.45) is -1.27. The van der Waals surface area contributed by atoms with Crippen LogP contribution in [-0.4, -0.2) is 57.1 Å². The lowest BCUT2D eigenvalue weighted by atomic mass is 10.1. The molecule has 44 heavy (non-hydrogen) atoms. The van der Waals surface area contributed by atoms with E-state index in [0.717, 1.165) is 42.2 Å². The summed E-state index contributed by atoms with van der Waals surface area (Å²) in [6, 6.07) is 17.2. The van der Waals surface area contributed by atoms with Gasteiger partial charge in [-0.2, -0.15) is 17.5 Å². The summed E-state index contributed by atoms with van der Waals surface area (Å²) in [4.78, 5) is 6.37. The van der Waals surface area contributed by atoms with E-state index < -0.39 is 21.8 Å². The number of anilines is 3. The third-order valence-corrected chi connectivity index (χ3v) is 9.17. The molecule has 1 N–H and O–H groups in total. The fourth-order valence-corrected chi connectivity index (χ4v) is 6.40. The Morgan fingerprint density at radius 2 is 1.48 bits per heavy atom. The third kappa shape index (κ3) is 7.19. The lowest BCUT2D eigenvalue weighted by Crippen LogP contribution is -2.48. The predicted octanol–water partition coefficient (Wildman–Crippen LogP) is 7.09. The van der Waals surface area contributed by atoms with Gasteiger partial charge in [-0.3, -0.25) is 4.98 Å². The maximum atomic E-state index is 13.5. The van der Waals surface area contributed by atoms with Gasteiger partial charge in [0.1, 0.15) is 11.5 Å². The Balaban J connectivity index is 1.26. The topological polar surface area (TPSA) is 84.0 Å². The standard InChI is InChI=1S/C32H35F3N4O4S/c1-3-17-42-26-20-25(21-27(22-26)43-18-4-2)38-13-15-39(16-14-38)44(40,41)28-8-6-24(7-9-28)37-30-11-12-36-31-19-23(32(33,34)35)5-10-29(30)31/h5-12,19-22H,3-4,13-18H2,1-2H3,(H,36,37). The van der Waals surface area contributed by atoms with E-state index >= 15 is 0 Å². The Labute approximate surface area is 255 Å². The molecule has 0 spiro atoms. The van der Waals surface area contributed by atoms with Crippen LogP contribution in [-0.2, 0) is 16.2 Å². The summed E-state index contributed by atoms with van der Waals surface area (Å²) in [7, 11) is -3.74. The molecule has 4 aromatic rings. The van der Waals surface area contributed by atoms with Crippen LogP contribution in [0.2, 0.25) is 0 Å². The number of ether oxygens (including phenoxy) is 2. The number of piperazine rings is 1. The van der Waals surface area contributed by atoms with Crippen molar-refractivity contribution in [2.75, 3.05) is 49.6 Å². The van der Waals surface area contributed by atoms with Crippen LogP contribution in [0, 0.1) is 0 Å². The zero-order chi connectivity index (χ0) is 31.3. The Hall–Kier alpha value is -4.03. The van der Waals surface area contributed by atoms with Crippen LogP contribution in [0.15, 0.2) is 77.8 Å². The van der Waals surface area contributed by atoms with E-state index in [9.17, 15) is 21.6 Å². The summed E-state index contributed by atoms with van der Waals surface area (Å²) >= 11 is 0. The summed E-state index contributed by atoms with van der Waals surface area (Å²) in [5.41, 5.74) is 1.50. The molecular weight excluding hydrogens is 593 g/mol. The fraction of sp³-hybridized carbons (Fsp3) is 0.344. The second-order valence-corrected chi connectivity index (χ2v) is 12.4.